The molecule has 1 aromatic heterocycles. The molecule has 1 amide bonds. The predicted molar refractivity (Wildman–Crippen MR) is 120 cm³/mol. The lowest BCUT2D eigenvalue weighted by Crippen LogP contribution is -2.48. The van der Waals surface area contributed by atoms with Crippen LogP contribution < -0.4 is 4.90 Å². The molecule has 0 radical (unpaired) electrons. The summed E-state index contributed by atoms with van der Waals surface area (Å²) in [6.45, 7) is 7.33. The largest absolute Gasteiger partial charge is 0.345 e. The number of fused-ring (bicyclic) bond motifs is 1. The van der Waals surface area contributed by atoms with E-state index >= 15 is 0 Å². The quantitative estimate of drug-likeness (QED) is 0.542. The van der Waals surface area contributed by atoms with Gasteiger partial charge in [0, 0.05) is 43.2 Å². The summed E-state index contributed by atoms with van der Waals surface area (Å²) in [5, 5.41) is 1.05. The molecular formula is C22H24FN3OS2. The van der Waals surface area contributed by atoms with E-state index in [1.807, 2.05) is 4.90 Å². The van der Waals surface area contributed by atoms with Crippen LogP contribution in [0, 0.1) is 19.7 Å². The molecule has 0 aliphatic carbocycles. The van der Waals surface area contributed by atoms with E-state index in [0.29, 0.717) is 12.2 Å². The first-order chi connectivity index (χ1) is 14.0. The summed E-state index contributed by atoms with van der Waals surface area (Å²) in [6, 6.07) is 10.8. The van der Waals surface area contributed by atoms with Crippen LogP contribution in [-0.2, 0) is 4.79 Å². The maximum atomic E-state index is 13.0. The van der Waals surface area contributed by atoms with Crippen LogP contribution in [0.1, 0.15) is 17.5 Å². The number of hydrogen-bond donors (Lipinski definition) is 0. The summed E-state index contributed by atoms with van der Waals surface area (Å²) in [4.78, 5) is 22.6. The van der Waals surface area contributed by atoms with Crippen LogP contribution in [0.2, 0.25) is 0 Å². The van der Waals surface area contributed by atoms with Crippen molar-refractivity contribution in [1.29, 1.82) is 0 Å². The number of rotatable bonds is 5. The lowest BCUT2D eigenvalue weighted by molar-refractivity contribution is -0.131. The van der Waals surface area contributed by atoms with Crippen LogP contribution in [0.3, 0.4) is 0 Å². The van der Waals surface area contributed by atoms with Crippen molar-refractivity contribution in [3.05, 3.63) is 53.3 Å². The molecule has 3 aromatic rings. The number of benzene rings is 2. The van der Waals surface area contributed by atoms with Crippen LogP contribution >= 0.6 is 23.1 Å². The Morgan fingerprint density at radius 2 is 1.86 bits per heavy atom. The number of carbonyl (C=O) groups is 1. The van der Waals surface area contributed by atoms with Gasteiger partial charge >= 0.3 is 0 Å². The number of anilines is 1. The monoisotopic (exact) mass is 429 g/mol. The molecule has 4 rings (SSSR count). The fourth-order valence-corrected chi connectivity index (χ4v) is 5.50. The fourth-order valence-electron chi connectivity index (χ4n) is 3.59. The van der Waals surface area contributed by atoms with Crippen LogP contribution in [-0.4, -0.2) is 47.7 Å². The first-order valence-corrected chi connectivity index (χ1v) is 11.6. The van der Waals surface area contributed by atoms with E-state index in [9.17, 15) is 9.18 Å². The van der Waals surface area contributed by atoms with Crippen LogP contribution in [0.4, 0.5) is 9.52 Å². The van der Waals surface area contributed by atoms with E-state index in [1.54, 1.807) is 35.2 Å². The van der Waals surface area contributed by atoms with Crippen molar-refractivity contribution >= 4 is 44.4 Å². The number of thiazole rings is 1. The van der Waals surface area contributed by atoms with Crippen molar-refractivity contribution in [3.8, 4) is 0 Å². The third-order valence-corrected chi connectivity index (χ3v) is 7.39. The van der Waals surface area contributed by atoms with Crippen LogP contribution in [0.25, 0.3) is 10.2 Å². The van der Waals surface area contributed by atoms with Crippen LogP contribution in [0.15, 0.2) is 41.3 Å². The molecular weight excluding hydrogens is 405 g/mol. The zero-order valence-electron chi connectivity index (χ0n) is 16.7. The van der Waals surface area contributed by atoms with E-state index in [-0.39, 0.29) is 11.7 Å². The van der Waals surface area contributed by atoms with Crippen LogP contribution in [0.5, 0.6) is 0 Å². The van der Waals surface area contributed by atoms with E-state index < -0.39 is 0 Å². The topological polar surface area (TPSA) is 36.4 Å². The van der Waals surface area contributed by atoms with E-state index in [2.05, 4.69) is 30.9 Å². The van der Waals surface area contributed by atoms with Gasteiger partial charge in [-0.1, -0.05) is 17.4 Å². The van der Waals surface area contributed by atoms with Crippen molar-refractivity contribution in [2.45, 2.75) is 25.2 Å². The highest BCUT2D eigenvalue weighted by Gasteiger charge is 2.23. The van der Waals surface area contributed by atoms with E-state index in [0.717, 1.165) is 41.7 Å². The van der Waals surface area contributed by atoms with Gasteiger partial charge in [-0.3, -0.25) is 4.79 Å². The van der Waals surface area contributed by atoms with Gasteiger partial charge in [0.15, 0.2) is 5.13 Å². The molecule has 29 heavy (non-hydrogen) atoms. The van der Waals surface area contributed by atoms with Gasteiger partial charge in [-0.05, 0) is 55.3 Å². The Morgan fingerprint density at radius 3 is 2.59 bits per heavy atom. The van der Waals surface area contributed by atoms with Gasteiger partial charge in [-0.15, -0.1) is 11.8 Å². The highest BCUT2D eigenvalue weighted by molar-refractivity contribution is 7.99. The summed E-state index contributed by atoms with van der Waals surface area (Å²) in [6.07, 6.45) is 0.502. The third-order valence-electron chi connectivity index (χ3n) is 5.11. The Balaban J connectivity index is 1.29. The van der Waals surface area contributed by atoms with Gasteiger partial charge < -0.3 is 9.80 Å². The lowest BCUT2D eigenvalue weighted by atomic mass is 10.1. The Hall–Kier alpha value is -2.12. The molecule has 1 aliphatic rings. The minimum absolute atomic E-state index is 0.190. The molecule has 2 aromatic carbocycles. The number of aryl methyl sites for hydroxylation is 2. The summed E-state index contributed by atoms with van der Waals surface area (Å²) in [5.41, 5.74) is 3.58. The molecule has 0 spiro atoms. The van der Waals surface area contributed by atoms with Crippen molar-refractivity contribution in [1.82, 2.24) is 9.88 Å². The molecule has 0 saturated carbocycles. The van der Waals surface area contributed by atoms with Crippen molar-refractivity contribution < 1.29 is 9.18 Å². The Labute approximate surface area is 178 Å². The average Bonchev–Trinajstić information content (AvgIpc) is 3.14. The summed E-state index contributed by atoms with van der Waals surface area (Å²) in [7, 11) is 0. The Kier molecular flexibility index (Phi) is 6.06. The molecule has 152 valence electrons. The molecule has 4 nitrogen and oxygen atoms in total. The van der Waals surface area contributed by atoms with E-state index in [1.165, 1.54) is 28.0 Å². The van der Waals surface area contributed by atoms with Gasteiger partial charge in [0.2, 0.25) is 5.91 Å². The second kappa shape index (κ2) is 8.71. The lowest BCUT2D eigenvalue weighted by Gasteiger charge is -2.34. The smallest absolute Gasteiger partial charge is 0.223 e. The first kappa shape index (κ1) is 20.2. The number of thioether (sulfide) groups is 1. The number of halogens is 1. The van der Waals surface area contributed by atoms with Gasteiger partial charge in [-0.2, -0.15) is 0 Å². The molecule has 0 N–H and O–H groups in total. The summed E-state index contributed by atoms with van der Waals surface area (Å²) < 4.78 is 14.2. The van der Waals surface area contributed by atoms with Gasteiger partial charge in [0.1, 0.15) is 5.82 Å². The molecule has 1 aliphatic heterocycles. The molecule has 7 heteroatoms. The fraction of sp³-hybridized carbons (Fsp3) is 0.364. The average molecular weight is 430 g/mol. The molecule has 0 unspecified atom stereocenters. The minimum atomic E-state index is -0.235. The molecule has 2 heterocycles. The first-order valence-electron chi connectivity index (χ1n) is 9.78. The van der Waals surface area contributed by atoms with Crippen molar-refractivity contribution in [2.75, 3.05) is 36.8 Å². The van der Waals surface area contributed by atoms with Crippen molar-refractivity contribution in [2.24, 2.45) is 0 Å². The number of hydrogen-bond acceptors (Lipinski definition) is 5. The molecule has 1 fully saturated rings. The minimum Gasteiger partial charge on any atom is -0.345 e. The molecule has 0 bridgehead atoms. The predicted octanol–water partition coefficient (Wildman–Crippen LogP) is 4.88. The zero-order chi connectivity index (χ0) is 20.4. The highest BCUT2D eigenvalue weighted by Crippen LogP contribution is 2.32. The van der Waals surface area contributed by atoms with Gasteiger partial charge in [0.05, 0.1) is 10.2 Å². The maximum absolute atomic E-state index is 13.0. The third kappa shape index (κ3) is 4.73. The van der Waals surface area contributed by atoms with E-state index in [4.69, 9.17) is 4.98 Å². The maximum Gasteiger partial charge on any atom is 0.223 e. The van der Waals surface area contributed by atoms with Gasteiger partial charge in [0.25, 0.3) is 0 Å². The number of carbonyl (C=O) groups excluding carboxylic acids is 1. The SMILES string of the molecule is Cc1cc(C)c2sc(N3CCN(C(=O)CCSc4ccc(F)cc4)CC3)nc2c1. The summed E-state index contributed by atoms with van der Waals surface area (Å²) >= 11 is 3.33. The van der Waals surface area contributed by atoms with Gasteiger partial charge in [-0.25, -0.2) is 9.37 Å². The number of nitrogens with zero attached hydrogens (tertiary/aromatic N) is 3. The number of piperazine rings is 1. The van der Waals surface area contributed by atoms with Crippen molar-refractivity contribution in [3.63, 3.8) is 0 Å². The zero-order valence-corrected chi connectivity index (χ0v) is 18.3. The molecule has 0 atom stereocenters. The number of aromatic nitrogens is 1. The molecule has 1 saturated heterocycles. The second-order valence-electron chi connectivity index (χ2n) is 7.35. The Bertz CT molecular complexity index is 1010. The number of amides is 1. The Morgan fingerprint density at radius 1 is 1.14 bits per heavy atom. The standard InChI is InChI=1S/C22H24FN3OS2/c1-15-13-16(2)21-19(14-15)24-22(29-21)26-10-8-25(9-11-26)20(27)7-12-28-18-5-3-17(23)4-6-18/h3-6,13-14H,7-12H2,1-2H3. The highest BCUT2D eigenvalue weighted by atomic mass is 32.2. The normalized spacial score (nSPS) is 14.6. The summed E-state index contributed by atoms with van der Waals surface area (Å²) in [5.74, 6) is 0.665. The second-order valence-corrected chi connectivity index (χ2v) is 9.49.